The van der Waals surface area contributed by atoms with Crippen molar-refractivity contribution >= 4 is 11.6 Å². The maximum absolute atomic E-state index is 13.9. The van der Waals surface area contributed by atoms with Gasteiger partial charge in [0.05, 0.1) is 11.6 Å². The number of unbranched alkanes of at least 4 members (excludes halogenated alkanes) is 8. The fourth-order valence-electron chi connectivity index (χ4n) is 3.77. The van der Waals surface area contributed by atoms with E-state index in [-0.39, 0.29) is 31.1 Å². The van der Waals surface area contributed by atoms with Crippen LogP contribution in [0.25, 0.3) is 0 Å². The molecule has 36 heavy (non-hydrogen) atoms. The van der Waals surface area contributed by atoms with Gasteiger partial charge in [0, 0.05) is 12.0 Å². The third-order valence-electron chi connectivity index (χ3n) is 5.87. The highest BCUT2D eigenvalue weighted by Crippen LogP contribution is 2.48. The lowest BCUT2D eigenvalue weighted by molar-refractivity contribution is -0.688. The lowest BCUT2D eigenvalue weighted by Crippen LogP contribution is -3.00. The van der Waals surface area contributed by atoms with Crippen molar-refractivity contribution in [1.29, 1.82) is 0 Å². The van der Waals surface area contributed by atoms with Crippen molar-refractivity contribution in [1.82, 2.24) is 4.57 Å². The number of hydrogen-bond donors (Lipinski definition) is 0. The monoisotopic (exact) mass is 568 g/mol. The number of aromatic nitrogens is 2. The zero-order valence-corrected chi connectivity index (χ0v) is 21.1. The van der Waals surface area contributed by atoms with Crippen LogP contribution in [0, 0.1) is 5.82 Å². The third kappa shape index (κ3) is 9.39. The van der Waals surface area contributed by atoms with Crippen molar-refractivity contribution in [2.24, 2.45) is 0 Å². The van der Waals surface area contributed by atoms with E-state index in [1.165, 1.54) is 6.07 Å². The van der Waals surface area contributed by atoms with Crippen molar-refractivity contribution < 1.29 is 52.1 Å². The Hall–Kier alpha value is -1.55. The SMILES string of the molecule is Fc1cccc(Cl)c1C[n+]1ccn(CCCCCCCCCCCC(F)(F)C(F)(F)C(F)(F)F)c1.[Cl-]. The molecule has 0 spiro atoms. The van der Waals surface area contributed by atoms with Gasteiger partial charge in [-0.05, 0) is 31.4 Å². The molecule has 206 valence electrons. The summed E-state index contributed by atoms with van der Waals surface area (Å²) in [6, 6.07) is 4.58. The summed E-state index contributed by atoms with van der Waals surface area (Å²) in [5, 5.41) is 0.381. The molecular formula is C24H30Cl2F8N2. The first-order chi connectivity index (χ1) is 16.3. The second-order valence-electron chi connectivity index (χ2n) is 8.73. The van der Waals surface area contributed by atoms with E-state index in [9.17, 15) is 35.1 Å². The molecule has 1 heterocycles. The summed E-state index contributed by atoms with van der Waals surface area (Å²) in [7, 11) is 0. The molecule has 1 aromatic heterocycles. The van der Waals surface area contributed by atoms with Crippen molar-refractivity contribution in [2.75, 3.05) is 0 Å². The predicted molar refractivity (Wildman–Crippen MR) is 117 cm³/mol. The van der Waals surface area contributed by atoms with Gasteiger partial charge in [-0.1, -0.05) is 56.2 Å². The van der Waals surface area contributed by atoms with Crippen LogP contribution in [0.4, 0.5) is 35.1 Å². The van der Waals surface area contributed by atoms with Crippen LogP contribution in [-0.2, 0) is 13.1 Å². The Kier molecular flexibility index (Phi) is 13.0. The summed E-state index contributed by atoms with van der Waals surface area (Å²) in [4.78, 5) is 0. The molecule has 2 nitrogen and oxygen atoms in total. The van der Waals surface area contributed by atoms with E-state index in [2.05, 4.69) is 0 Å². The molecule has 0 amide bonds. The van der Waals surface area contributed by atoms with Crippen LogP contribution in [0.1, 0.15) is 69.8 Å². The van der Waals surface area contributed by atoms with Crippen molar-refractivity contribution in [3.63, 3.8) is 0 Å². The van der Waals surface area contributed by atoms with E-state index in [1.54, 1.807) is 12.1 Å². The summed E-state index contributed by atoms with van der Waals surface area (Å²) in [5.41, 5.74) is 0.435. The van der Waals surface area contributed by atoms with Gasteiger partial charge >= 0.3 is 18.0 Å². The predicted octanol–water partition coefficient (Wildman–Crippen LogP) is 5.35. The van der Waals surface area contributed by atoms with Crippen LogP contribution in [0.3, 0.4) is 0 Å². The number of imidazole rings is 1. The first-order valence-corrected chi connectivity index (χ1v) is 12.0. The zero-order valence-electron chi connectivity index (χ0n) is 19.6. The fourth-order valence-corrected chi connectivity index (χ4v) is 4.00. The summed E-state index contributed by atoms with van der Waals surface area (Å²) in [5.74, 6) is -11.4. The van der Waals surface area contributed by atoms with Crippen LogP contribution in [0.15, 0.2) is 36.9 Å². The largest absolute Gasteiger partial charge is 1.00 e. The van der Waals surface area contributed by atoms with Gasteiger partial charge in [0.2, 0.25) is 6.33 Å². The summed E-state index contributed by atoms with van der Waals surface area (Å²) in [6.07, 6.45) is 3.63. The van der Waals surface area contributed by atoms with E-state index < -0.39 is 24.4 Å². The third-order valence-corrected chi connectivity index (χ3v) is 6.23. The molecule has 0 unspecified atom stereocenters. The number of alkyl halides is 7. The molecule has 0 aliphatic heterocycles. The Balaban J connectivity index is 0.00000648. The average Bonchev–Trinajstić information content (AvgIpc) is 3.21. The van der Waals surface area contributed by atoms with Crippen LogP contribution in [-0.4, -0.2) is 22.6 Å². The maximum Gasteiger partial charge on any atom is 0.459 e. The molecular weight excluding hydrogens is 539 g/mol. The van der Waals surface area contributed by atoms with Gasteiger partial charge in [-0.25, -0.2) is 13.5 Å². The van der Waals surface area contributed by atoms with Crippen LogP contribution >= 0.6 is 11.6 Å². The highest BCUT2D eigenvalue weighted by atomic mass is 35.5. The highest BCUT2D eigenvalue weighted by Gasteiger charge is 2.72. The smallest absolute Gasteiger partial charge is 0.459 e. The first kappa shape index (κ1) is 32.5. The lowest BCUT2D eigenvalue weighted by atomic mass is 10.0. The van der Waals surface area contributed by atoms with E-state index in [0.29, 0.717) is 23.6 Å². The van der Waals surface area contributed by atoms with Crippen LogP contribution < -0.4 is 17.0 Å². The lowest BCUT2D eigenvalue weighted by Gasteiger charge is -2.28. The Morgan fingerprint density at radius 1 is 0.806 bits per heavy atom. The fraction of sp³-hybridized carbons (Fsp3) is 0.625. The number of nitrogens with zero attached hydrogens (tertiary/aromatic N) is 2. The maximum atomic E-state index is 13.9. The van der Waals surface area contributed by atoms with Crippen LogP contribution in [0.5, 0.6) is 0 Å². The number of hydrogen-bond acceptors (Lipinski definition) is 0. The van der Waals surface area contributed by atoms with E-state index in [0.717, 1.165) is 45.1 Å². The molecule has 0 saturated carbocycles. The molecule has 12 heteroatoms. The number of rotatable bonds is 15. The number of benzene rings is 1. The quantitative estimate of drug-likeness (QED) is 0.155. The minimum atomic E-state index is -6.26. The highest BCUT2D eigenvalue weighted by molar-refractivity contribution is 6.31. The van der Waals surface area contributed by atoms with Gasteiger partial charge in [-0.3, -0.25) is 0 Å². The Morgan fingerprint density at radius 3 is 1.92 bits per heavy atom. The minimum absolute atomic E-state index is 0. The van der Waals surface area contributed by atoms with Crippen molar-refractivity contribution in [3.05, 3.63) is 53.3 Å². The second kappa shape index (κ2) is 14.4. The van der Waals surface area contributed by atoms with Gasteiger partial charge in [0.15, 0.2) is 0 Å². The first-order valence-electron chi connectivity index (χ1n) is 11.7. The average molecular weight is 569 g/mol. The Morgan fingerprint density at radius 2 is 1.36 bits per heavy atom. The Labute approximate surface area is 217 Å². The normalized spacial score (nSPS) is 12.6. The molecule has 0 saturated heterocycles. The molecule has 0 bridgehead atoms. The number of halogens is 10. The molecule has 2 rings (SSSR count). The standard InChI is InChI=1S/C24H30ClF8N2.ClH/c25-20-11-10-12-21(26)19(20)17-35-16-15-34(18-35)14-9-7-5-3-1-2-4-6-8-13-22(27,28)23(29,30)24(31,32)33;/h10-12,15-16,18H,1-9,13-14,17H2;1H/q+1;/p-1. The van der Waals surface area contributed by atoms with Gasteiger partial charge in [-0.2, -0.15) is 30.7 Å². The molecule has 0 radical (unpaired) electrons. The summed E-state index contributed by atoms with van der Waals surface area (Å²) >= 11 is 6.06. The van der Waals surface area contributed by atoms with Crippen molar-refractivity contribution in [3.8, 4) is 0 Å². The van der Waals surface area contributed by atoms with Crippen molar-refractivity contribution in [2.45, 2.75) is 95.3 Å². The second-order valence-corrected chi connectivity index (χ2v) is 9.14. The van der Waals surface area contributed by atoms with Gasteiger partial charge in [0.25, 0.3) is 0 Å². The molecule has 1 aromatic carbocycles. The molecule has 0 N–H and O–H groups in total. The van der Waals surface area contributed by atoms with Gasteiger partial charge < -0.3 is 12.4 Å². The molecule has 0 fully saturated rings. The molecule has 0 aliphatic carbocycles. The molecule has 0 aliphatic rings. The van der Waals surface area contributed by atoms with Gasteiger partial charge in [0.1, 0.15) is 24.8 Å². The molecule has 2 aromatic rings. The summed E-state index contributed by atoms with van der Waals surface area (Å²) < 4.78 is 106. The zero-order chi connectivity index (χ0) is 26.1. The minimum Gasteiger partial charge on any atom is -1.00 e. The van der Waals surface area contributed by atoms with E-state index in [1.807, 2.05) is 27.9 Å². The topological polar surface area (TPSA) is 8.81 Å². The van der Waals surface area contributed by atoms with Crippen LogP contribution in [0.2, 0.25) is 5.02 Å². The van der Waals surface area contributed by atoms with E-state index >= 15 is 0 Å². The van der Waals surface area contributed by atoms with E-state index in [4.69, 9.17) is 11.6 Å². The number of aryl methyl sites for hydroxylation is 1. The summed E-state index contributed by atoms with van der Waals surface area (Å²) in [6.45, 7) is 1.13. The molecule has 0 atom stereocenters. The van der Waals surface area contributed by atoms with Gasteiger partial charge in [-0.15, -0.1) is 0 Å². The Bertz CT molecular complexity index is 896.